The maximum Gasteiger partial charge on any atom is 0.247 e. The second kappa shape index (κ2) is 3.84. The molecule has 3 unspecified atom stereocenters. The first-order chi connectivity index (χ1) is 5.61. The summed E-state index contributed by atoms with van der Waals surface area (Å²) in [5.41, 5.74) is 10.4. The third kappa shape index (κ3) is 2.17. The molecule has 1 aliphatic rings. The first-order valence-corrected chi connectivity index (χ1v) is 3.96. The van der Waals surface area contributed by atoms with Crippen molar-refractivity contribution in [1.82, 2.24) is 0 Å². The van der Waals surface area contributed by atoms with Gasteiger partial charge in [0, 0.05) is 12.6 Å². The molecule has 1 fully saturated rings. The normalized spacial score (nSPS) is 27.3. The molecule has 0 aromatic rings. The van der Waals surface area contributed by atoms with Crippen molar-refractivity contribution in [3.05, 3.63) is 0 Å². The van der Waals surface area contributed by atoms with Crippen LogP contribution in [0.3, 0.4) is 0 Å². The molecule has 70 valence electrons. The number of carbonyl (C=O) groups is 1. The van der Waals surface area contributed by atoms with Crippen molar-refractivity contribution >= 4 is 5.91 Å². The third-order valence-corrected chi connectivity index (χ3v) is 2.03. The van der Waals surface area contributed by atoms with E-state index in [4.69, 9.17) is 21.3 Å². The summed E-state index contributed by atoms with van der Waals surface area (Å²) in [6.45, 7) is 0.740. The fourth-order valence-corrected chi connectivity index (χ4v) is 1.11. The summed E-state index contributed by atoms with van der Waals surface area (Å²) in [6.07, 6.45) is 0.270. The highest BCUT2D eigenvalue weighted by atomic mass is 16.5. The number of hydrogen-bond donors (Lipinski definition) is 3. The molecule has 0 spiro atoms. The van der Waals surface area contributed by atoms with Gasteiger partial charge in [0.25, 0.3) is 0 Å². The highest BCUT2D eigenvalue weighted by molar-refractivity contribution is 5.79. The molecule has 0 aromatic carbocycles. The van der Waals surface area contributed by atoms with Gasteiger partial charge in [0.1, 0.15) is 6.10 Å². The van der Waals surface area contributed by atoms with Gasteiger partial charge in [-0.3, -0.25) is 4.79 Å². The topological polar surface area (TPSA) is 98.6 Å². The Labute approximate surface area is 70.7 Å². The number of aliphatic hydroxyl groups excluding tert-OH is 1. The lowest BCUT2D eigenvalue weighted by Gasteiger charge is -2.29. The average molecular weight is 174 g/mol. The number of ether oxygens (including phenoxy) is 1. The monoisotopic (exact) mass is 174 g/mol. The van der Waals surface area contributed by atoms with E-state index < -0.39 is 18.1 Å². The molecule has 0 bridgehead atoms. The predicted octanol–water partition coefficient (Wildman–Crippen LogP) is -1.66. The fraction of sp³-hybridized carbons (Fsp3) is 0.857. The molecule has 5 nitrogen and oxygen atoms in total. The van der Waals surface area contributed by atoms with Gasteiger partial charge in [-0.15, -0.1) is 0 Å². The summed E-state index contributed by atoms with van der Waals surface area (Å²) in [7, 11) is 0. The van der Waals surface area contributed by atoms with Gasteiger partial charge in [0.15, 0.2) is 0 Å². The fourth-order valence-electron chi connectivity index (χ4n) is 1.11. The van der Waals surface area contributed by atoms with E-state index in [1.807, 2.05) is 0 Å². The summed E-state index contributed by atoms with van der Waals surface area (Å²) in [6, 6.07) is -0.604. The molecule has 5 N–H and O–H groups in total. The lowest BCUT2D eigenvalue weighted by molar-refractivity contribution is -0.128. The molecule has 1 heterocycles. The molecule has 1 saturated heterocycles. The molecular formula is C7H14N2O3. The van der Waals surface area contributed by atoms with Gasteiger partial charge < -0.3 is 21.3 Å². The van der Waals surface area contributed by atoms with Gasteiger partial charge in [-0.2, -0.15) is 0 Å². The van der Waals surface area contributed by atoms with Crippen molar-refractivity contribution in [2.75, 3.05) is 6.61 Å². The van der Waals surface area contributed by atoms with Gasteiger partial charge >= 0.3 is 0 Å². The lowest BCUT2D eigenvalue weighted by atomic mass is 10.00. The van der Waals surface area contributed by atoms with E-state index in [-0.39, 0.29) is 6.10 Å². The Balaban J connectivity index is 2.25. The number of aliphatic hydroxyl groups is 1. The second-order valence-electron chi connectivity index (χ2n) is 3.03. The van der Waals surface area contributed by atoms with Crippen LogP contribution in [0.1, 0.15) is 12.8 Å². The zero-order valence-corrected chi connectivity index (χ0v) is 6.77. The highest BCUT2D eigenvalue weighted by Gasteiger charge is 2.27. The Hall–Kier alpha value is -0.650. The minimum absolute atomic E-state index is 0.0917. The lowest BCUT2D eigenvalue weighted by Crippen LogP contribution is -2.47. The second-order valence-corrected chi connectivity index (χ2v) is 3.03. The van der Waals surface area contributed by atoms with Crippen LogP contribution in [0, 0.1) is 0 Å². The zero-order chi connectivity index (χ0) is 9.14. The van der Waals surface area contributed by atoms with Crippen molar-refractivity contribution in [3.63, 3.8) is 0 Å². The summed E-state index contributed by atoms with van der Waals surface area (Å²) in [4.78, 5) is 10.5. The average Bonchev–Trinajstić information content (AvgIpc) is 1.94. The van der Waals surface area contributed by atoms with Crippen molar-refractivity contribution in [2.24, 2.45) is 11.5 Å². The Kier molecular flexibility index (Phi) is 3.02. The molecule has 5 heteroatoms. The molecule has 0 radical (unpaired) electrons. The maximum atomic E-state index is 10.5. The van der Waals surface area contributed by atoms with Crippen LogP contribution in [0.4, 0.5) is 0 Å². The molecule has 1 amide bonds. The SMILES string of the molecule is NC(=O)C(O)C(N)CC1CCO1. The van der Waals surface area contributed by atoms with Crippen molar-refractivity contribution in [3.8, 4) is 0 Å². The highest BCUT2D eigenvalue weighted by Crippen LogP contribution is 2.16. The Bertz CT molecular complexity index is 170. The quantitative estimate of drug-likeness (QED) is 0.475. The Morgan fingerprint density at radius 2 is 2.33 bits per heavy atom. The van der Waals surface area contributed by atoms with Crippen LogP contribution >= 0.6 is 0 Å². The van der Waals surface area contributed by atoms with E-state index in [1.165, 1.54) is 0 Å². The van der Waals surface area contributed by atoms with Crippen LogP contribution in [-0.4, -0.2) is 35.9 Å². The standard InChI is InChI=1S/C7H14N2O3/c8-5(6(10)7(9)11)3-4-1-2-12-4/h4-6,10H,1-3,8H2,(H2,9,11). The number of primary amides is 1. The zero-order valence-electron chi connectivity index (χ0n) is 6.77. The van der Waals surface area contributed by atoms with Crippen molar-refractivity contribution in [1.29, 1.82) is 0 Å². The van der Waals surface area contributed by atoms with E-state index >= 15 is 0 Å². The molecular weight excluding hydrogens is 160 g/mol. The van der Waals surface area contributed by atoms with Gasteiger partial charge in [-0.05, 0) is 12.8 Å². The number of amides is 1. The molecule has 0 aromatic heterocycles. The molecule has 3 atom stereocenters. The summed E-state index contributed by atoms with van der Waals surface area (Å²) >= 11 is 0. The van der Waals surface area contributed by atoms with E-state index in [9.17, 15) is 4.79 Å². The largest absolute Gasteiger partial charge is 0.382 e. The molecule has 1 aliphatic heterocycles. The van der Waals surface area contributed by atoms with Gasteiger partial charge in [-0.1, -0.05) is 0 Å². The van der Waals surface area contributed by atoms with Crippen LogP contribution in [0.2, 0.25) is 0 Å². The van der Waals surface area contributed by atoms with Gasteiger partial charge in [-0.25, -0.2) is 0 Å². The smallest absolute Gasteiger partial charge is 0.247 e. The van der Waals surface area contributed by atoms with Crippen molar-refractivity contribution < 1.29 is 14.6 Å². The summed E-state index contributed by atoms with van der Waals surface area (Å²) in [5, 5.41) is 9.11. The minimum atomic E-state index is -1.26. The number of hydrogen-bond acceptors (Lipinski definition) is 4. The molecule has 0 saturated carbocycles. The summed E-state index contributed by atoms with van der Waals surface area (Å²) < 4.78 is 5.09. The van der Waals surface area contributed by atoms with E-state index in [2.05, 4.69) is 0 Å². The van der Waals surface area contributed by atoms with E-state index in [0.29, 0.717) is 6.42 Å². The van der Waals surface area contributed by atoms with E-state index in [1.54, 1.807) is 0 Å². The van der Waals surface area contributed by atoms with Crippen LogP contribution in [-0.2, 0) is 9.53 Å². The first-order valence-electron chi connectivity index (χ1n) is 3.96. The minimum Gasteiger partial charge on any atom is -0.382 e. The van der Waals surface area contributed by atoms with E-state index in [0.717, 1.165) is 13.0 Å². The summed E-state index contributed by atoms with van der Waals surface area (Å²) in [5.74, 6) is -0.776. The number of carbonyl (C=O) groups excluding carboxylic acids is 1. The van der Waals surface area contributed by atoms with Crippen LogP contribution < -0.4 is 11.5 Å². The van der Waals surface area contributed by atoms with Crippen LogP contribution in [0.5, 0.6) is 0 Å². The number of nitrogens with two attached hydrogens (primary N) is 2. The Morgan fingerprint density at radius 1 is 1.75 bits per heavy atom. The van der Waals surface area contributed by atoms with Crippen molar-refractivity contribution in [2.45, 2.75) is 31.1 Å². The molecule has 0 aliphatic carbocycles. The Morgan fingerprint density at radius 3 is 2.67 bits per heavy atom. The maximum absolute atomic E-state index is 10.5. The predicted molar refractivity (Wildman–Crippen MR) is 42.2 cm³/mol. The van der Waals surface area contributed by atoms with Gasteiger partial charge in [0.2, 0.25) is 5.91 Å². The number of rotatable bonds is 4. The van der Waals surface area contributed by atoms with Gasteiger partial charge in [0.05, 0.1) is 6.10 Å². The van der Waals surface area contributed by atoms with Crippen LogP contribution in [0.15, 0.2) is 0 Å². The first kappa shape index (κ1) is 9.44. The van der Waals surface area contributed by atoms with Crippen LogP contribution in [0.25, 0.3) is 0 Å². The molecule has 1 rings (SSSR count). The third-order valence-electron chi connectivity index (χ3n) is 2.03. The molecule has 12 heavy (non-hydrogen) atoms.